The largest absolute Gasteiger partial charge is 0.207 e. The fourth-order valence-electron chi connectivity index (χ4n) is 1.62. The topological polar surface area (TPSA) is 0 Å². The Morgan fingerprint density at radius 3 is 2.35 bits per heavy atom. The summed E-state index contributed by atoms with van der Waals surface area (Å²) >= 11 is 6.08. The van der Waals surface area contributed by atoms with E-state index in [1.807, 2.05) is 37.3 Å². The van der Waals surface area contributed by atoms with E-state index in [1.165, 1.54) is 12.1 Å². The van der Waals surface area contributed by atoms with Gasteiger partial charge in [-0.1, -0.05) is 41.9 Å². The maximum Gasteiger partial charge on any atom is 0.123 e. The lowest BCUT2D eigenvalue weighted by molar-refractivity contribution is 0.627. The fraction of sp³-hybridized carbons (Fsp3) is 0.0667. The predicted molar refractivity (Wildman–Crippen MR) is 71.4 cm³/mol. The van der Waals surface area contributed by atoms with E-state index >= 15 is 0 Å². The highest BCUT2D eigenvalue weighted by molar-refractivity contribution is 6.32. The normalized spacial score (nSPS) is 11.6. The van der Waals surface area contributed by atoms with Crippen LogP contribution >= 0.6 is 11.6 Å². The average Bonchev–Trinajstić information content (AvgIpc) is 2.33. The highest BCUT2D eigenvalue weighted by atomic mass is 35.5. The van der Waals surface area contributed by atoms with Crippen molar-refractivity contribution in [3.05, 3.63) is 70.5 Å². The van der Waals surface area contributed by atoms with E-state index in [4.69, 9.17) is 11.6 Å². The van der Waals surface area contributed by atoms with E-state index in [-0.39, 0.29) is 5.82 Å². The standard InChI is InChI=1S/C15H12ClF/c1-11(12-6-8-14(17)9-7-12)10-13-4-2-3-5-15(13)16/h2-10H,1H3/b11-10-. The zero-order valence-electron chi connectivity index (χ0n) is 9.45. The first-order chi connectivity index (χ1) is 8.16. The Morgan fingerprint density at radius 2 is 1.71 bits per heavy atom. The summed E-state index contributed by atoms with van der Waals surface area (Å²) in [6.07, 6.45) is 2.00. The zero-order valence-corrected chi connectivity index (χ0v) is 10.2. The lowest BCUT2D eigenvalue weighted by Crippen LogP contribution is -1.82. The molecule has 2 aromatic rings. The zero-order chi connectivity index (χ0) is 12.3. The summed E-state index contributed by atoms with van der Waals surface area (Å²) in [7, 11) is 0. The summed E-state index contributed by atoms with van der Waals surface area (Å²) in [6, 6.07) is 14.1. The quantitative estimate of drug-likeness (QED) is 0.651. The van der Waals surface area contributed by atoms with E-state index in [1.54, 1.807) is 12.1 Å². The molecule has 0 bridgehead atoms. The summed E-state index contributed by atoms with van der Waals surface area (Å²) in [4.78, 5) is 0. The maximum absolute atomic E-state index is 12.8. The molecular formula is C15H12ClF. The Hall–Kier alpha value is -1.60. The van der Waals surface area contributed by atoms with Gasteiger partial charge in [0.25, 0.3) is 0 Å². The molecule has 0 aliphatic rings. The highest BCUT2D eigenvalue weighted by Crippen LogP contribution is 2.22. The summed E-state index contributed by atoms with van der Waals surface area (Å²) in [6.45, 7) is 1.98. The van der Waals surface area contributed by atoms with Crippen molar-refractivity contribution in [3.8, 4) is 0 Å². The molecule has 0 heterocycles. The lowest BCUT2D eigenvalue weighted by atomic mass is 10.0. The lowest BCUT2D eigenvalue weighted by Gasteiger charge is -2.03. The molecule has 2 aromatic carbocycles. The van der Waals surface area contributed by atoms with Gasteiger partial charge < -0.3 is 0 Å². The molecule has 0 aliphatic heterocycles. The highest BCUT2D eigenvalue weighted by Gasteiger charge is 1.99. The molecule has 0 atom stereocenters. The average molecular weight is 247 g/mol. The SMILES string of the molecule is C/C(=C/c1ccccc1Cl)c1ccc(F)cc1. The number of halogens is 2. The molecule has 17 heavy (non-hydrogen) atoms. The first-order valence-electron chi connectivity index (χ1n) is 5.35. The monoisotopic (exact) mass is 246 g/mol. The number of rotatable bonds is 2. The minimum absolute atomic E-state index is 0.223. The predicted octanol–water partition coefficient (Wildman–Crippen LogP) is 5.04. The third-order valence-electron chi connectivity index (χ3n) is 2.58. The summed E-state index contributed by atoms with van der Waals surface area (Å²) in [5, 5.41) is 0.717. The fourth-order valence-corrected chi connectivity index (χ4v) is 1.81. The van der Waals surface area contributed by atoms with E-state index in [9.17, 15) is 4.39 Å². The van der Waals surface area contributed by atoms with Crippen LogP contribution in [-0.4, -0.2) is 0 Å². The van der Waals surface area contributed by atoms with Crippen molar-refractivity contribution in [1.82, 2.24) is 0 Å². The third-order valence-corrected chi connectivity index (χ3v) is 2.92. The Morgan fingerprint density at radius 1 is 1.06 bits per heavy atom. The van der Waals surface area contributed by atoms with Gasteiger partial charge in [-0.3, -0.25) is 0 Å². The molecule has 2 heteroatoms. The molecule has 0 saturated heterocycles. The van der Waals surface area contributed by atoms with Crippen LogP contribution in [0.5, 0.6) is 0 Å². The van der Waals surface area contributed by atoms with Crippen LogP contribution in [0.15, 0.2) is 48.5 Å². The molecule has 0 fully saturated rings. The Labute approximate surface area is 105 Å². The smallest absolute Gasteiger partial charge is 0.123 e. The Kier molecular flexibility index (Phi) is 3.60. The second-order valence-electron chi connectivity index (χ2n) is 3.86. The number of benzene rings is 2. The molecule has 0 N–H and O–H groups in total. The minimum atomic E-state index is -0.223. The van der Waals surface area contributed by atoms with Gasteiger partial charge in [0, 0.05) is 5.02 Å². The summed E-state index contributed by atoms with van der Waals surface area (Å²) in [5.41, 5.74) is 3.01. The van der Waals surface area contributed by atoms with Crippen molar-refractivity contribution in [2.75, 3.05) is 0 Å². The molecule has 0 radical (unpaired) electrons. The summed E-state index contributed by atoms with van der Waals surface area (Å²) in [5.74, 6) is -0.223. The van der Waals surface area contributed by atoms with Gasteiger partial charge in [0.2, 0.25) is 0 Å². The molecule has 0 amide bonds. The third kappa shape index (κ3) is 2.95. The van der Waals surface area contributed by atoms with Gasteiger partial charge in [0.05, 0.1) is 0 Å². The van der Waals surface area contributed by atoms with Gasteiger partial charge in [0.1, 0.15) is 5.82 Å². The van der Waals surface area contributed by atoms with Crippen LogP contribution in [0.25, 0.3) is 11.6 Å². The van der Waals surface area contributed by atoms with Gasteiger partial charge in [0.15, 0.2) is 0 Å². The molecular weight excluding hydrogens is 235 g/mol. The van der Waals surface area contributed by atoms with Crippen LogP contribution in [0.1, 0.15) is 18.1 Å². The summed E-state index contributed by atoms with van der Waals surface area (Å²) < 4.78 is 12.8. The van der Waals surface area contributed by atoms with Crippen molar-refractivity contribution in [3.63, 3.8) is 0 Å². The van der Waals surface area contributed by atoms with Crippen LogP contribution in [-0.2, 0) is 0 Å². The van der Waals surface area contributed by atoms with Crippen LogP contribution in [0, 0.1) is 5.82 Å². The van der Waals surface area contributed by atoms with Crippen molar-refractivity contribution in [1.29, 1.82) is 0 Å². The van der Waals surface area contributed by atoms with Gasteiger partial charge in [-0.15, -0.1) is 0 Å². The minimum Gasteiger partial charge on any atom is -0.207 e. The number of allylic oxidation sites excluding steroid dienone is 1. The van der Waals surface area contributed by atoms with Gasteiger partial charge >= 0.3 is 0 Å². The van der Waals surface area contributed by atoms with Crippen LogP contribution in [0.3, 0.4) is 0 Å². The first-order valence-corrected chi connectivity index (χ1v) is 5.73. The molecule has 0 nitrogen and oxygen atoms in total. The molecule has 0 spiro atoms. The molecule has 0 saturated carbocycles. The van der Waals surface area contributed by atoms with E-state index in [0.29, 0.717) is 5.02 Å². The van der Waals surface area contributed by atoms with E-state index in [0.717, 1.165) is 16.7 Å². The molecule has 86 valence electrons. The van der Waals surface area contributed by atoms with Crippen LogP contribution in [0.4, 0.5) is 4.39 Å². The van der Waals surface area contributed by atoms with Crippen molar-refractivity contribution in [2.24, 2.45) is 0 Å². The molecule has 0 unspecified atom stereocenters. The van der Waals surface area contributed by atoms with E-state index < -0.39 is 0 Å². The van der Waals surface area contributed by atoms with E-state index in [2.05, 4.69) is 0 Å². The maximum atomic E-state index is 12.8. The molecule has 0 aromatic heterocycles. The van der Waals surface area contributed by atoms with Crippen LogP contribution in [0.2, 0.25) is 5.02 Å². The second-order valence-corrected chi connectivity index (χ2v) is 4.26. The van der Waals surface area contributed by atoms with Crippen molar-refractivity contribution in [2.45, 2.75) is 6.92 Å². The van der Waals surface area contributed by atoms with Gasteiger partial charge in [-0.2, -0.15) is 0 Å². The van der Waals surface area contributed by atoms with Crippen LogP contribution < -0.4 is 0 Å². The second kappa shape index (κ2) is 5.15. The van der Waals surface area contributed by atoms with Gasteiger partial charge in [-0.05, 0) is 47.9 Å². The van der Waals surface area contributed by atoms with Gasteiger partial charge in [-0.25, -0.2) is 4.39 Å². The Bertz CT molecular complexity index is 541. The number of hydrogen-bond donors (Lipinski definition) is 0. The first kappa shape index (κ1) is 11.9. The molecule has 0 aliphatic carbocycles. The van der Waals surface area contributed by atoms with Crippen molar-refractivity contribution < 1.29 is 4.39 Å². The van der Waals surface area contributed by atoms with Crippen molar-refractivity contribution >= 4 is 23.3 Å². The molecule has 2 rings (SSSR count). The Balaban J connectivity index is 2.34. The number of hydrogen-bond acceptors (Lipinski definition) is 0.